The third-order valence-corrected chi connectivity index (χ3v) is 4.63. The second kappa shape index (κ2) is 6.09. The molecule has 0 spiro atoms. The van der Waals surface area contributed by atoms with Gasteiger partial charge in [0.15, 0.2) is 0 Å². The van der Waals surface area contributed by atoms with Crippen molar-refractivity contribution in [3.63, 3.8) is 0 Å². The lowest BCUT2D eigenvalue weighted by Gasteiger charge is -2.16. The van der Waals surface area contributed by atoms with Crippen molar-refractivity contribution in [2.24, 2.45) is 5.73 Å². The van der Waals surface area contributed by atoms with Crippen molar-refractivity contribution in [3.8, 4) is 0 Å². The number of hydrogen-bond donors (Lipinski definition) is 1. The molecule has 94 valence electrons. The Morgan fingerprint density at radius 2 is 1.78 bits per heavy atom. The number of benzene rings is 2. The fraction of sp³-hybridized carbons (Fsp3) is 0.0769. The van der Waals surface area contributed by atoms with Crippen LogP contribution in [0.5, 0.6) is 0 Å². The van der Waals surface area contributed by atoms with Crippen LogP contribution >= 0.6 is 61.7 Å². The summed E-state index contributed by atoms with van der Waals surface area (Å²) < 4.78 is 2.10. The molecule has 0 saturated heterocycles. The highest BCUT2D eigenvalue weighted by Gasteiger charge is 2.15. The minimum atomic E-state index is -0.265. The average Bonchev–Trinajstić information content (AvgIpc) is 2.31. The Kier molecular flexibility index (Phi) is 4.94. The van der Waals surface area contributed by atoms with E-state index in [-0.39, 0.29) is 6.04 Å². The van der Waals surface area contributed by atoms with Crippen molar-refractivity contribution in [1.29, 1.82) is 0 Å². The zero-order valence-electron chi connectivity index (χ0n) is 9.13. The van der Waals surface area contributed by atoms with E-state index in [1.807, 2.05) is 24.3 Å². The van der Waals surface area contributed by atoms with Crippen molar-refractivity contribution >= 4 is 61.7 Å². The average molecular weight is 457 g/mol. The molecule has 0 aliphatic carbocycles. The molecule has 0 aromatic heterocycles. The smallest absolute Gasteiger partial charge is 0.0577 e. The topological polar surface area (TPSA) is 26.0 Å². The highest BCUT2D eigenvalue weighted by Crippen LogP contribution is 2.32. The van der Waals surface area contributed by atoms with Crippen LogP contribution < -0.4 is 5.73 Å². The van der Waals surface area contributed by atoms with E-state index in [9.17, 15) is 0 Å². The van der Waals surface area contributed by atoms with Gasteiger partial charge in [0.2, 0.25) is 0 Å². The second-order valence-corrected chi connectivity index (χ2v) is 6.73. The molecule has 0 radical (unpaired) electrons. The first-order valence-corrected chi connectivity index (χ1v) is 7.77. The first-order chi connectivity index (χ1) is 8.49. The quantitative estimate of drug-likeness (QED) is 0.601. The van der Waals surface area contributed by atoms with Crippen LogP contribution in [0.25, 0.3) is 0 Å². The van der Waals surface area contributed by atoms with Crippen LogP contribution in [-0.4, -0.2) is 0 Å². The Morgan fingerprint density at radius 1 is 1.06 bits per heavy atom. The van der Waals surface area contributed by atoms with Crippen LogP contribution in [0.3, 0.4) is 0 Å². The molecule has 0 heterocycles. The van der Waals surface area contributed by atoms with E-state index >= 15 is 0 Å². The minimum Gasteiger partial charge on any atom is -0.320 e. The van der Waals surface area contributed by atoms with Gasteiger partial charge < -0.3 is 5.73 Å². The Bertz CT molecular complexity index is 589. The number of hydrogen-bond acceptors (Lipinski definition) is 1. The van der Waals surface area contributed by atoms with E-state index in [0.717, 1.165) is 19.2 Å². The zero-order chi connectivity index (χ0) is 13.3. The summed E-state index contributed by atoms with van der Waals surface area (Å²) in [4.78, 5) is 0. The third kappa shape index (κ3) is 3.20. The minimum absolute atomic E-state index is 0.265. The lowest BCUT2D eigenvalue weighted by Crippen LogP contribution is -2.13. The number of nitrogens with two attached hydrogens (primary N) is 1. The lowest BCUT2D eigenvalue weighted by atomic mass is 10.00. The van der Waals surface area contributed by atoms with Crippen LogP contribution in [0.2, 0.25) is 10.0 Å². The molecule has 1 atom stereocenters. The molecule has 2 aromatic carbocycles. The first kappa shape index (κ1) is 14.6. The summed E-state index contributed by atoms with van der Waals surface area (Å²) in [5.41, 5.74) is 8.19. The normalized spacial score (nSPS) is 12.5. The van der Waals surface area contributed by atoms with Crippen LogP contribution in [-0.2, 0) is 0 Å². The van der Waals surface area contributed by atoms with Gasteiger partial charge >= 0.3 is 0 Å². The van der Waals surface area contributed by atoms with Crippen molar-refractivity contribution in [1.82, 2.24) is 0 Å². The summed E-state index contributed by atoms with van der Waals surface area (Å²) in [6.07, 6.45) is 0. The highest BCUT2D eigenvalue weighted by atomic mass is 127. The first-order valence-electron chi connectivity index (χ1n) is 5.14. The van der Waals surface area contributed by atoms with E-state index < -0.39 is 0 Å². The summed E-state index contributed by atoms with van der Waals surface area (Å²) in [5.74, 6) is 0. The maximum Gasteiger partial charge on any atom is 0.0577 e. The molecule has 18 heavy (non-hydrogen) atoms. The van der Waals surface area contributed by atoms with E-state index in [0.29, 0.717) is 10.0 Å². The molecule has 0 fully saturated rings. The van der Waals surface area contributed by atoms with Crippen LogP contribution in [0, 0.1) is 3.57 Å². The van der Waals surface area contributed by atoms with Crippen LogP contribution in [0.15, 0.2) is 40.9 Å². The lowest BCUT2D eigenvalue weighted by molar-refractivity contribution is 0.864. The van der Waals surface area contributed by atoms with Gasteiger partial charge in [-0.25, -0.2) is 0 Å². The molecular formula is C13H9BrCl2IN. The highest BCUT2D eigenvalue weighted by molar-refractivity contribution is 14.1. The maximum atomic E-state index is 6.28. The van der Waals surface area contributed by atoms with Crippen molar-refractivity contribution in [2.75, 3.05) is 0 Å². The molecule has 0 aliphatic rings. The van der Waals surface area contributed by atoms with Gasteiger partial charge in [-0.3, -0.25) is 0 Å². The largest absolute Gasteiger partial charge is 0.320 e. The van der Waals surface area contributed by atoms with Crippen molar-refractivity contribution in [3.05, 3.63) is 65.6 Å². The van der Waals surface area contributed by atoms with E-state index in [1.165, 1.54) is 0 Å². The van der Waals surface area contributed by atoms with E-state index in [4.69, 9.17) is 28.9 Å². The Morgan fingerprint density at radius 3 is 2.44 bits per heavy atom. The number of halogens is 4. The molecule has 1 nitrogen and oxygen atoms in total. The maximum absolute atomic E-state index is 6.28. The van der Waals surface area contributed by atoms with E-state index in [2.05, 4.69) is 38.5 Å². The van der Waals surface area contributed by atoms with Gasteiger partial charge in [-0.15, -0.1) is 0 Å². The Labute approximate surface area is 138 Å². The van der Waals surface area contributed by atoms with Gasteiger partial charge in [-0.1, -0.05) is 45.2 Å². The molecule has 2 aromatic rings. The Hall–Kier alpha value is 0.190. The van der Waals surface area contributed by atoms with Gasteiger partial charge in [0.25, 0.3) is 0 Å². The van der Waals surface area contributed by atoms with E-state index in [1.54, 1.807) is 12.1 Å². The summed E-state index contributed by atoms with van der Waals surface area (Å²) >= 11 is 17.8. The van der Waals surface area contributed by atoms with Gasteiger partial charge in [0.1, 0.15) is 0 Å². The third-order valence-electron chi connectivity index (χ3n) is 2.59. The van der Waals surface area contributed by atoms with Gasteiger partial charge in [-0.05, 0) is 64.0 Å². The van der Waals surface area contributed by atoms with Gasteiger partial charge in [-0.2, -0.15) is 0 Å². The summed E-state index contributed by atoms with van der Waals surface area (Å²) in [7, 11) is 0. The zero-order valence-corrected chi connectivity index (χ0v) is 14.4. The fourth-order valence-corrected chi connectivity index (χ4v) is 3.25. The van der Waals surface area contributed by atoms with Crippen LogP contribution in [0.4, 0.5) is 0 Å². The van der Waals surface area contributed by atoms with Crippen molar-refractivity contribution in [2.45, 2.75) is 6.04 Å². The molecule has 0 amide bonds. The molecule has 0 bridgehead atoms. The summed E-state index contributed by atoms with van der Waals surface area (Å²) in [5, 5.41) is 1.20. The summed E-state index contributed by atoms with van der Waals surface area (Å²) in [6.45, 7) is 0. The van der Waals surface area contributed by atoms with Crippen LogP contribution in [0.1, 0.15) is 17.2 Å². The molecule has 5 heteroatoms. The molecule has 0 aliphatic heterocycles. The molecule has 0 saturated carbocycles. The standard InChI is InChI=1S/C13H9BrCl2IN/c14-7-1-4-12(17)10(5-7)13(18)9-3-2-8(15)6-11(9)16/h1-6,13H,18H2. The second-order valence-electron chi connectivity index (χ2n) is 3.81. The molecule has 2 N–H and O–H groups in total. The Balaban J connectivity index is 2.47. The van der Waals surface area contributed by atoms with Crippen molar-refractivity contribution < 1.29 is 0 Å². The molecule has 2 rings (SSSR count). The van der Waals surface area contributed by atoms with Gasteiger partial charge in [0.05, 0.1) is 6.04 Å². The van der Waals surface area contributed by atoms with Gasteiger partial charge in [0, 0.05) is 18.1 Å². The SMILES string of the molecule is NC(c1ccc(Cl)cc1Cl)c1cc(Br)ccc1I. The predicted octanol–water partition coefficient (Wildman–Crippen LogP) is 5.41. The number of rotatable bonds is 2. The monoisotopic (exact) mass is 455 g/mol. The molecular weight excluding hydrogens is 448 g/mol. The molecule has 1 unspecified atom stereocenters. The fourth-order valence-electron chi connectivity index (χ4n) is 1.67. The summed E-state index contributed by atoms with van der Waals surface area (Å²) in [6, 6.07) is 11.1. The predicted molar refractivity (Wildman–Crippen MR) is 89.4 cm³/mol.